The molecule has 8 heteroatoms. The number of rotatable bonds is 7. The van der Waals surface area contributed by atoms with Gasteiger partial charge in [0.25, 0.3) is 0 Å². The van der Waals surface area contributed by atoms with Crippen molar-refractivity contribution in [3.63, 3.8) is 0 Å². The molecule has 0 saturated carbocycles. The summed E-state index contributed by atoms with van der Waals surface area (Å²) in [7, 11) is 1.85. The van der Waals surface area contributed by atoms with Gasteiger partial charge in [-0.3, -0.25) is 4.79 Å². The van der Waals surface area contributed by atoms with Gasteiger partial charge in [-0.05, 0) is 56.7 Å². The Morgan fingerprint density at radius 3 is 2.38 bits per heavy atom. The molecule has 1 atom stereocenters. The number of aryl methyl sites for hydroxylation is 2. The highest BCUT2D eigenvalue weighted by atomic mass is 32.2. The zero-order chi connectivity index (χ0) is 21.0. The van der Waals surface area contributed by atoms with Crippen LogP contribution in [0.2, 0.25) is 0 Å². The Kier molecular flexibility index (Phi) is 6.64. The summed E-state index contributed by atoms with van der Waals surface area (Å²) in [4.78, 5) is 27.6. The highest BCUT2D eigenvalue weighted by Gasteiger charge is 2.18. The zero-order valence-corrected chi connectivity index (χ0v) is 18.3. The maximum Gasteiger partial charge on any atom is 0.223 e. The molecule has 0 aliphatic heterocycles. The zero-order valence-electron chi connectivity index (χ0n) is 17.5. The molecular formula is C21H26N6OS. The van der Waals surface area contributed by atoms with E-state index >= 15 is 0 Å². The van der Waals surface area contributed by atoms with Crippen LogP contribution in [0.4, 0.5) is 0 Å². The summed E-state index contributed by atoms with van der Waals surface area (Å²) >= 11 is 1.53. The Balaban J connectivity index is 1.64. The van der Waals surface area contributed by atoms with Crippen molar-refractivity contribution in [1.82, 2.24) is 29.6 Å². The molecule has 2 heterocycles. The average Bonchev–Trinajstić information content (AvgIpc) is 3.26. The fourth-order valence-electron chi connectivity index (χ4n) is 3.26. The monoisotopic (exact) mass is 410 g/mol. The summed E-state index contributed by atoms with van der Waals surface area (Å²) < 4.78 is 1.71. The highest BCUT2D eigenvalue weighted by molar-refractivity contribution is 7.98. The third-order valence-electron chi connectivity index (χ3n) is 5.20. The lowest BCUT2D eigenvalue weighted by atomic mass is 10.0. The number of benzene rings is 1. The Hall–Kier alpha value is -2.74. The molecule has 29 heavy (non-hydrogen) atoms. The first-order valence-corrected chi connectivity index (χ1v) is 10.7. The number of aromatic nitrogens is 5. The highest BCUT2D eigenvalue weighted by Crippen LogP contribution is 2.22. The van der Waals surface area contributed by atoms with Gasteiger partial charge in [0.05, 0.1) is 11.7 Å². The second-order valence-corrected chi connectivity index (χ2v) is 7.75. The molecule has 3 rings (SSSR count). The second kappa shape index (κ2) is 9.17. The molecule has 1 amide bonds. The van der Waals surface area contributed by atoms with E-state index in [1.165, 1.54) is 18.1 Å². The molecule has 1 aromatic carbocycles. The van der Waals surface area contributed by atoms with Gasteiger partial charge in [0.2, 0.25) is 5.91 Å². The van der Waals surface area contributed by atoms with Crippen LogP contribution in [0.5, 0.6) is 0 Å². The van der Waals surface area contributed by atoms with Crippen LogP contribution in [0.15, 0.2) is 42.1 Å². The van der Waals surface area contributed by atoms with Crippen LogP contribution in [0.25, 0.3) is 5.69 Å². The lowest BCUT2D eigenvalue weighted by molar-refractivity contribution is -0.131. The van der Waals surface area contributed by atoms with Crippen LogP contribution in [0.1, 0.15) is 41.9 Å². The van der Waals surface area contributed by atoms with Gasteiger partial charge in [0, 0.05) is 24.9 Å². The van der Waals surface area contributed by atoms with E-state index < -0.39 is 0 Å². The fraction of sp³-hybridized carbons (Fsp3) is 0.381. The number of carbonyl (C=O) groups excluding carboxylic acids is 1. The molecule has 0 aliphatic rings. The van der Waals surface area contributed by atoms with Gasteiger partial charge in [-0.25, -0.2) is 19.6 Å². The first-order valence-electron chi connectivity index (χ1n) is 9.49. The number of carbonyl (C=O) groups is 1. The van der Waals surface area contributed by atoms with Crippen molar-refractivity contribution in [2.75, 3.05) is 13.3 Å². The van der Waals surface area contributed by atoms with E-state index in [-0.39, 0.29) is 11.9 Å². The third kappa shape index (κ3) is 4.82. The second-order valence-electron chi connectivity index (χ2n) is 6.97. The van der Waals surface area contributed by atoms with Gasteiger partial charge in [0.15, 0.2) is 5.16 Å². The number of hydrogen-bond acceptors (Lipinski definition) is 6. The van der Waals surface area contributed by atoms with Crippen LogP contribution in [0.3, 0.4) is 0 Å². The van der Waals surface area contributed by atoms with Crippen LogP contribution in [0, 0.1) is 13.8 Å². The molecule has 0 spiro atoms. The fourth-order valence-corrected chi connectivity index (χ4v) is 3.71. The van der Waals surface area contributed by atoms with Crippen molar-refractivity contribution in [3.8, 4) is 5.69 Å². The number of amides is 1. The molecule has 0 saturated heterocycles. The largest absolute Gasteiger partial charge is 0.339 e. The van der Waals surface area contributed by atoms with Gasteiger partial charge in [0.1, 0.15) is 12.7 Å². The number of hydrogen-bond donors (Lipinski definition) is 0. The average molecular weight is 411 g/mol. The minimum Gasteiger partial charge on any atom is -0.339 e. The molecule has 0 fully saturated rings. The summed E-state index contributed by atoms with van der Waals surface area (Å²) in [6, 6.07) is 7.99. The summed E-state index contributed by atoms with van der Waals surface area (Å²) in [6.07, 6.45) is 6.21. The Bertz CT molecular complexity index is 948. The van der Waals surface area contributed by atoms with E-state index in [2.05, 4.69) is 20.1 Å². The minimum absolute atomic E-state index is 0.0235. The predicted octanol–water partition coefficient (Wildman–Crippen LogP) is 3.55. The molecule has 0 unspecified atom stereocenters. The predicted molar refractivity (Wildman–Crippen MR) is 114 cm³/mol. The van der Waals surface area contributed by atoms with Crippen molar-refractivity contribution >= 4 is 17.7 Å². The molecule has 7 nitrogen and oxygen atoms in total. The number of nitrogens with zero attached hydrogens (tertiary/aromatic N) is 6. The molecule has 0 aliphatic carbocycles. The number of thioether (sulfide) groups is 1. The van der Waals surface area contributed by atoms with Crippen molar-refractivity contribution in [2.24, 2.45) is 0 Å². The molecule has 0 N–H and O–H groups in total. The van der Waals surface area contributed by atoms with E-state index in [1.54, 1.807) is 15.9 Å². The van der Waals surface area contributed by atoms with Crippen molar-refractivity contribution in [1.29, 1.82) is 0 Å². The Morgan fingerprint density at radius 1 is 1.17 bits per heavy atom. The van der Waals surface area contributed by atoms with E-state index in [1.807, 2.05) is 58.3 Å². The summed E-state index contributed by atoms with van der Waals surface area (Å²) in [5.41, 5.74) is 4.98. The van der Waals surface area contributed by atoms with Crippen molar-refractivity contribution < 1.29 is 4.79 Å². The maximum absolute atomic E-state index is 12.8. The van der Waals surface area contributed by atoms with Gasteiger partial charge < -0.3 is 4.90 Å². The van der Waals surface area contributed by atoms with Gasteiger partial charge in [-0.15, -0.1) is 0 Å². The lowest BCUT2D eigenvalue weighted by Crippen LogP contribution is -2.30. The van der Waals surface area contributed by atoms with Crippen LogP contribution < -0.4 is 0 Å². The minimum atomic E-state index is -0.0235. The Labute approximate surface area is 175 Å². The van der Waals surface area contributed by atoms with Crippen LogP contribution in [-0.4, -0.2) is 48.8 Å². The summed E-state index contributed by atoms with van der Waals surface area (Å²) in [5.74, 6) is 0.102. The van der Waals surface area contributed by atoms with Gasteiger partial charge in [-0.2, -0.15) is 5.10 Å². The molecule has 2 aromatic heterocycles. The molecule has 0 bridgehead atoms. The van der Waals surface area contributed by atoms with E-state index in [0.29, 0.717) is 12.8 Å². The first kappa shape index (κ1) is 21.0. The quantitative estimate of drug-likeness (QED) is 0.438. The standard InChI is InChI=1S/C21H26N6OS/c1-14-19(15(2)25-21(24-14)29-5)10-11-20(28)26(4)16(3)17-6-8-18(9-7-17)27-13-22-12-23-27/h6-9,12-13,16H,10-11H2,1-5H3/t16-/m1/s1. The van der Waals surface area contributed by atoms with Gasteiger partial charge in [-0.1, -0.05) is 23.9 Å². The molecule has 152 valence electrons. The summed E-state index contributed by atoms with van der Waals surface area (Å²) in [6.45, 7) is 6.00. The molecule has 0 radical (unpaired) electrons. The van der Waals surface area contributed by atoms with Crippen molar-refractivity contribution in [3.05, 3.63) is 59.4 Å². The molecular weight excluding hydrogens is 384 g/mol. The SMILES string of the molecule is CSc1nc(C)c(CCC(=O)N(C)[C@H](C)c2ccc(-n3cncn3)cc2)c(C)n1. The normalized spacial score (nSPS) is 12.0. The maximum atomic E-state index is 12.8. The van der Waals surface area contributed by atoms with Crippen molar-refractivity contribution in [2.45, 2.75) is 44.8 Å². The first-order chi connectivity index (χ1) is 13.9. The third-order valence-corrected chi connectivity index (χ3v) is 5.75. The van der Waals surface area contributed by atoms with E-state index in [4.69, 9.17) is 0 Å². The van der Waals surface area contributed by atoms with Crippen LogP contribution in [-0.2, 0) is 11.2 Å². The van der Waals surface area contributed by atoms with E-state index in [9.17, 15) is 4.79 Å². The smallest absolute Gasteiger partial charge is 0.223 e. The van der Waals surface area contributed by atoms with Crippen LogP contribution >= 0.6 is 11.8 Å². The lowest BCUT2D eigenvalue weighted by Gasteiger charge is -2.26. The van der Waals surface area contributed by atoms with Gasteiger partial charge >= 0.3 is 0 Å². The Morgan fingerprint density at radius 2 is 1.83 bits per heavy atom. The van der Waals surface area contributed by atoms with E-state index in [0.717, 1.165) is 33.4 Å². The summed E-state index contributed by atoms with van der Waals surface area (Å²) in [5, 5.41) is 4.91. The topological polar surface area (TPSA) is 76.8 Å². The molecule has 3 aromatic rings.